The summed E-state index contributed by atoms with van der Waals surface area (Å²) >= 11 is 0. The summed E-state index contributed by atoms with van der Waals surface area (Å²) in [5.41, 5.74) is -0.485. The molecule has 2 fully saturated rings. The van der Waals surface area contributed by atoms with E-state index in [-0.39, 0.29) is 24.1 Å². The second-order valence-electron chi connectivity index (χ2n) is 7.68. The molecule has 2 aliphatic heterocycles. The maximum absolute atomic E-state index is 12.3. The minimum atomic E-state index is -0.485. The standard InChI is InChI=1S/C17H30N2O4/c1-17(2,3)23-16(21)19-11-5-13(6-12-19)15(20)22-14-7-9-18(4)10-8-14/h13-14H,5-12H2,1-4H3. The molecule has 2 heterocycles. The number of hydrogen-bond acceptors (Lipinski definition) is 5. The molecule has 1 amide bonds. The third kappa shape index (κ3) is 5.68. The summed E-state index contributed by atoms with van der Waals surface area (Å²) in [4.78, 5) is 28.2. The van der Waals surface area contributed by atoms with Crippen LogP contribution in [0.5, 0.6) is 0 Å². The number of carbonyl (C=O) groups is 2. The van der Waals surface area contributed by atoms with Gasteiger partial charge in [0, 0.05) is 26.2 Å². The highest BCUT2D eigenvalue weighted by Crippen LogP contribution is 2.23. The molecule has 0 N–H and O–H groups in total. The molecule has 0 saturated carbocycles. The monoisotopic (exact) mass is 326 g/mol. The van der Waals surface area contributed by atoms with Crippen LogP contribution in [0.1, 0.15) is 46.5 Å². The average molecular weight is 326 g/mol. The van der Waals surface area contributed by atoms with Crippen LogP contribution in [0.4, 0.5) is 4.79 Å². The van der Waals surface area contributed by atoms with Crippen LogP contribution in [-0.2, 0) is 14.3 Å². The normalized spacial score (nSPS) is 22.0. The molecule has 0 aromatic heterocycles. The molecule has 6 nitrogen and oxygen atoms in total. The smallest absolute Gasteiger partial charge is 0.410 e. The van der Waals surface area contributed by atoms with Crippen LogP contribution in [0.2, 0.25) is 0 Å². The summed E-state index contributed by atoms with van der Waals surface area (Å²) < 4.78 is 11.0. The van der Waals surface area contributed by atoms with E-state index in [9.17, 15) is 9.59 Å². The van der Waals surface area contributed by atoms with Gasteiger partial charge in [-0.25, -0.2) is 4.79 Å². The van der Waals surface area contributed by atoms with E-state index in [1.165, 1.54) is 0 Å². The maximum Gasteiger partial charge on any atom is 0.410 e. The highest BCUT2D eigenvalue weighted by atomic mass is 16.6. The van der Waals surface area contributed by atoms with Crippen molar-refractivity contribution < 1.29 is 19.1 Å². The van der Waals surface area contributed by atoms with E-state index < -0.39 is 5.60 Å². The number of ether oxygens (including phenoxy) is 2. The first kappa shape index (κ1) is 18.0. The molecule has 2 saturated heterocycles. The summed E-state index contributed by atoms with van der Waals surface area (Å²) in [6, 6.07) is 0. The van der Waals surface area contributed by atoms with Gasteiger partial charge in [0.2, 0.25) is 0 Å². The number of likely N-dealkylation sites (tertiary alicyclic amines) is 2. The molecule has 23 heavy (non-hydrogen) atoms. The van der Waals surface area contributed by atoms with Gasteiger partial charge in [0.05, 0.1) is 5.92 Å². The van der Waals surface area contributed by atoms with E-state index in [1.54, 1.807) is 4.90 Å². The lowest BCUT2D eigenvalue weighted by molar-refractivity contribution is -0.157. The minimum Gasteiger partial charge on any atom is -0.462 e. The molecule has 0 aromatic carbocycles. The molecule has 6 heteroatoms. The molecule has 0 aliphatic carbocycles. The predicted octanol–water partition coefficient (Wildman–Crippen LogP) is 2.27. The van der Waals surface area contributed by atoms with E-state index in [4.69, 9.17) is 9.47 Å². The topological polar surface area (TPSA) is 59.1 Å². The number of esters is 1. The maximum atomic E-state index is 12.3. The zero-order valence-electron chi connectivity index (χ0n) is 14.8. The average Bonchev–Trinajstić information content (AvgIpc) is 2.48. The number of piperidine rings is 2. The van der Waals surface area contributed by atoms with Crippen molar-refractivity contribution in [2.75, 3.05) is 33.2 Å². The summed E-state index contributed by atoms with van der Waals surface area (Å²) in [7, 11) is 2.09. The van der Waals surface area contributed by atoms with Crippen LogP contribution in [0.25, 0.3) is 0 Å². The van der Waals surface area contributed by atoms with Gasteiger partial charge in [0.25, 0.3) is 0 Å². The van der Waals surface area contributed by atoms with Gasteiger partial charge >= 0.3 is 12.1 Å². The Kier molecular flexibility index (Phi) is 5.89. The Bertz CT molecular complexity index is 417. The lowest BCUT2D eigenvalue weighted by atomic mass is 9.97. The highest BCUT2D eigenvalue weighted by Gasteiger charge is 2.32. The Balaban J connectivity index is 1.73. The van der Waals surface area contributed by atoms with Crippen LogP contribution < -0.4 is 0 Å². The summed E-state index contributed by atoms with van der Waals surface area (Å²) in [6.45, 7) is 8.65. The first-order chi connectivity index (χ1) is 10.7. The molecule has 0 bridgehead atoms. The third-order valence-corrected chi connectivity index (χ3v) is 4.43. The summed E-state index contributed by atoms with van der Waals surface area (Å²) in [5, 5.41) is 0. The number of hydrogen-bond donors (Lipinski definition) is 0. The molecule has 0 spiro atoms. The van der Waals surface area contributed by atoms with Crippen molar-refractivity contribution in [1.82, 2.24) is 9.80 Å². The van der Waals surface area contributed by atoms with Crippen LogP contribution in [0.3, 0.4) is 0 Å². The molecule has 0 aromatic rings. The minimum absolute atomic E-state index is 0.0579. The Labute approximate surface area is 139 Å². The van der Waals surface area contributed by atoms with Crippen LogP contribution >= 0.6 is 0 Å². The predicted molar refractivity (Wildman–Crippen MR) is 87.1 cm³/mol. The van der Waals surface area contributed by atoms with Gasteiger partial charge in [-0.2, -0.15) is 0 Å². The molecule has 0 radical (unpaired) electrons. The number of nitrogens with zero attached hydrogens (tertiary/aromatic N) is 2. The SMILES string of the molecule is CN1CCC(OC(=O)C2CCN(C(=O)OC(C)(C)C)CC2)CC1. The Morgan fingerprint density at radius 3 is 2.04 bits per heavy atom. The first-order valence-corrected chi connectivity index (χ1v) is 8.61. The Hall–Kier alpha value is -1.30. The molecule has 0 atom stereocenters. The second kappa shape index (κ2) is 7.51. The zero-order valence-corrected chi connectivity index (χ0v) is 14.8. The fourth-order valence-electron chi connectivity index (χ4n) is 2.99. The van der Waals surface area contributed by atoms with Crippen molar-refractivity contribution >= 4 is 12.1 Å². The number of amides is 1. The Morgan fingerprint density at radius 2 is 1.52 bits per heavy atom. The van der Waals surface area contributed by atoms with Crippen LogP contribution in [0, 0.1) is 5.92 Å². The molecule has 0 unspecified atom stereocenters. The van der Waals surface area contributed by atoms with Gasteiger partial charge < -0.3 is 19.3 Å². The Morgan fingerprint density at radius 1 is 0.957 bits per heavy atom. The van der Waals surface area contributed by atoms with E-state index in [0.717, 1.165) is 25.9 Å². The van der Waals surface area contributed by atoms with E-state index >= 15 is 0 Å². The van der Waals surface area contributed by atoms with Crippen molar-refractivity contribution in [3.05, 3.63) is 0 Å². The largest absolute Gasteiger partial charge is 0.462 e. The van der Waals surface area contributed by atoms with Gasteiger partial charge in [0.15, 0.2) is 0 Å². The quantitative estimate of drug-likeness (QED) is 0.729. The van der Waals surface area contributed by atoms with Crippen LogP contribution in [0.15, 0.2) is 0 Å². The molecule has 132 valence electrons. The molecular formula is C17H30N2O4. The van der Waals surface area contributed by atoms with Gasteiger partial charge in [-0.1, -0.05) is 0 Å². The second-order valence-corrected chi connectivity index (χ2v) is 7.68. The summed E-state index contributed by atoms with van der Waals surface area (Å²) in [6.07, 6.45) is 2.91. The first-order valence-electron chi connectivity index (χ1n) is 8.61. The van der Waals surface area contributed by atoms with Crippen molar-refractivity contribution in [3.8, 4) is 0 Å². The van der Waals surface area contributed by atoms with E-state index in [2.05, 4.69) is 11.9 Å². The lowest BCUT2D eigenvalue weighted by Gasteiger charge is -2.34. The van der Waals surface area contributed by atoms with Gasteiger partial charge in [-0.05, 0) is 53.5 Å². The number of carbonyl (C=O) groups excluding carboxylic acids is 2. The van der Waals surface area contributed by atoms with Crippen LogP contribution in [-0.4, -0.2) is 66.8 Å². The highest BCUT2D eigenvalue weighted by molar-refractivity contribution is 5.74. The fourth-order valence-corrected chi connectivity index (χ4v) is 2.99. The molecular weight excluding hydrogens is 296 g/mol. The third-order valence-electron chi connectivity index (χ3n) is 4.43. The fraction of sp³-hybridized carbons (Fsp3) is 0.882. The zero-order chi connectivity index (χ0) is 17.0. The number of rotatable bonds is 2. The van der Waals surface area contributed by atoms with Crippen molar-refractivity contribution in [3.63, 3.8) is 0 Å². The van der Waals surface area contributed by atoms with Gasteiger partial charge in [-0.15, -0.1) is 0 Å². The van der Waals surface area contributed by atoms with E-state index in [0.29, 0.717) is 25.9 Å². The van der Waals surface area contributed by atoms with E-state index in [1.807, 2.05) is 20.8 Å². The van der Waals surface area contributed by atoms with Gasteiger partial charge in [-0.3, -0.25) is 4.79 Å². The van der Waals surface area contributed by atoms with Crippen molar-refractivity contribution in [2.24, 2.45) is 5.92 Å². The molecule has 2 rings (SSSR count). The summed E-state index contributed by atoms with van der Waals surface area (Å²) in [5.74, 6) is -0.184. The van der Waals surface area contributed by atoms with Crippen molar-refractivity contribution in [2.45, 2.75) is 58.2 Å². The lowest BCUT2D eigenvalue weighted by Crippen LogP contribution is -2.44. The van der Waals surface area contributed by atoms with Gasteiger partial charge in [0.1, 0.15) is 11.7 Å². The van der Waals surface area contributed by atoms with Crippen molar-refractivity contribution in [1.29, 1.82) is 0 Å². The molecule has 2 aliphatic rings.